The van der Waals surface area contributed by atoms with E-state index in [4.69, 9.17) is 5.73 Å². The van der Waals surface area contributed by atoms with Crippen molar-refractivity contribution in [3.8, 4) is 0 Å². The number of hydrogen-bond acceptors (Lipinski definition) is 2. The average Bonchev–Trinajstić information content (AvgIpc) is 2.40. The van der Waals surface area contributed by atoms with Gasteiger partial charge in [0.15, 0.2) is 0 Å². The van der Waals surface area contributed by atoms with Crippen molar-refractivity contribution < 1.29 is 0 Å². The van der Waals surface area contributed by atoms with E-state index in [1.807, 2.05) is 0 Å². The fourth-order valence-electron chi connectivity index (χ4n) is 3.81. The van der Waals surface area contributed by atoms with Gasteiger partial charge in [0, 0.05) is 6.04 Å². The summed E-state index contributed by atoms with van der Waals surface area (Å²) in [6.07, 6.45) is 11.3. The molecular weight excluding hydrogens is 208 g/mol. The Morgan fingerprint density at radius 2 is 1.82 bits per heavy atom. The molecule has 1 saturated heterocycles. The molecule has 2 unspecified atom stereocenters. The molecule has 0 radical (unpaired) electrons. The molecule has 2 fully saturated rings. The third-order valence-corrected chi connectivity index (χ3v) is 5.07. The van der Waals surface area contributed by atoms with Gasteiger partial charge in [0.1, 0.15) is 0 Å². The molecule has 2 nitrogen and oxygen atoms in total. The van der Waals surface area contributed by atoms with Crippen molar-refractivity contribution in [2.75, 3.05) is 19.6 Å². The van der Waals surface area contributed by atoms with Crippen LogP contribution in [0.5, 0.6) is 0 Å². The molecule has 0 aromatic rings. The van der Waals surface area contributed by atoms with Crippen molar-refractivity contribution >= 4 is 0 Å². The van der Waals surface area contributed by atoms with E-state index in [0.717, 1.165) is 24.4 Å². The van der Waals surface area contributed by atoms with Crippen LogP contribution in [-0.4, -0.2) is 30.6 Å². The minimum absolute atomic E-state index is 0.881. The number of hydrogen-bond donors (Lipinski definition) is 1. The molecule has 2 atom stereocenters. The second-order valence-electron chi connectivity index (χ2n) is 6.15. The van der Waals surface area contributed by atoms with Crippen LogP contribution < -0.4 is 5.73 Å². The quantitative estimate of drug-likeness (QED) is 0.816. The van der Waals surface area contributed by atoms with Gasteiger partial charge >= 0.3 is 0 Å². The van der Waals surface area contributed by atoms with Crippen LogP contribution in [-0.2, 0) is 0 Å². The Hall–Kier alpha value is -0.0800. The van der Waals surface area contributed by atoms with Crippen molar-refractivity contribution in [2.24, 2.45) is 17.6 Å². The Bertz CT molecular complexity index is 209. The first-order valence-electron chi connectivity index (χ1n) is 7.77. The smallest absolute Gasteiger partial charge is 0.00978 e. The summed E-state index contributed by atoms with van der Waals surface area (Å²) in [5.41, 5.74) is 5.66. The van der Waals surface area contributed by atoms with E-state index in [1.54, 1.807) is 0 Å². The van der Waals surface area contributed by atoms with Crippen LogP contribution in [0.4, 0.5) is 0 Å². The first-order chi connectivity index (χ1) is 8.33. The highest BCUT2D eigenvalue weighted by Crippen LogP contribution is 2.32. The SMILES string of the molecule is CCC1CCCC(N2CCC(CCN)CC2)C1. The number of nitrogens with two attached hydrogens (primary N) is 1. The van der Waals surface area contributed by atoms with Crippen molar-refractivity contribution in [2.45, 2.75) is 64.3 Å². The zero-order valence-corrected chi connectivity index (χ0v) is 11.5. The molecule has 1 aliphatic carbocycles. The lowest BCUT2D eigenvalue weighted by atomic mass is 9.82. The molecule has 17 heavy (non-hydrogen) atoms. The fourth-order valence-corrected chi connectivity index (χ4v) is 3.81. The molecular formula is C15H30N2. The molecule has 0 spiro atoms. The first kappa shape index (κ1) is 13.4. The lowest BCUT2D eigenvalue weighted by molar-refractivity contribution is 0.0873. The van der Waals surface area contributed by atoms with Gasteiger partial charge in [-0.25, -0.2) is 0 Å². The molecule has 1 heterocycles. The standard InChI is InChI=1S/C15H30N2/c1-2-13-4-3-5-15(12-13)17-10-7-14(6-9-16)8-11-17/h13-15H,2-12,16H2,1H3. The Labute approximate surface area is 107 Å². The zero-order chi connectivity index (χ0) is 12.1. The maximum atomic E-state index is 5.66. The van der Waals surface area contributed by atoms with Crippen LogP contribution in [0.25, 0.3) is 0 Å². The van der Waals surface area contributed by atoms with Crippen LogP contribution >= 0.6 is 0 Å². The van der Waals surface area contributed by atoms with Gasteiger partial charge < -0.3 is 10.6 Å². The van der Waals surface area contributed by atoms with Gasteiger partial charge in [-0.05, 0) is 63.6 Å². The van der Waals surface area contributed by atoms with Crippen molar-refractivity contribution in [3.63, 3.8) is 0 Å². The molecule has 1 aliphatic heterocycles. The minimum atomic E-state index is 0.881. The summed E-state index contributed by atoms with van der Waals surface area (Å²) in [5.74, 6) is 1.93. The maximum Gasteiger partial charge on any atom is 0.00978 e. The molecule has 0 amide bonds. The molecule has 0 bridgehead atoms. The van der Waals surface area contributed by atoms with Crippen LogP contribution in [0, 0.1) is 11.8 Å². The molecule has 0 aromatic heterocycles. The normalized spacial score (nSPS) is 32.8. The summed E-state index contributed by atoms with van der Waals surface area (Å²) in [6, 6.07) is 0.910. The average molecular weight is 238 g/mol. The number of rotatable bonds is 4. The van der Waals surface area contributed by atoms with E-state index in [9.17, 15) is 0 Å². The summed E-state index contributed by atoms with van der Waals surface area (Å²) < 4.78 is 0. The van der Waals surface area contributed by atoms with Crippen molar-refractivity contribution in [3.05, 3.63) is 0 Å². The van der Waals surface area contributed by atoms with Crippen molar-refractivity contribution in [1.82, 2.24) is 4.90 Å². The topological polar surface area (TPSA) is 29.3 Å². The highest BCUT2D eigenvalue weighted by atomic mass is 15.2. The summed E-state index contributed by atoms with van der Waals surface area (Å²) >= 11 is 0. The molecule has 2 N–H and O–H groups in total. The van der Waals surface area contributed by atoms with E-state index in [2.05, 4.69) is 11.8 Å². The Kier molecular flexibility index (Phi) is 5.30. The van der Waals surface area contributed by atoms with E-state index in [-0.39, 0.29) is 0 Å². The Morgan fingerprint density at radius 3 is 2.47 bits per heavy atom. The van der Waals surface area contributed by atoms with Crippen LogP contribution in [0.1, 0.15) is 58.3 Å². The summed E-state index contributed by atoms with van der Waals surface area (Å²) in [7, 11) is 0. The summed E-state index contributed by atoms with van der Waals surface area (Å²) in [6.45, 7) is 5.92. The largest absolute Gasteiger partial charge is 0.330 e. The van der Waals surface area contributed by atoms with E-state index >= 15 is 0 Å². The lowest BCUT2D eigenvalue weighted by Gasteiger charge is -2.41. The van der Waals surface area contributed by atoms with Gasteiger partial charge in [-0.3, -0.25) is 0 Å². The highest BCUT2D eigenvalue weighted by molar-refractivity contribution is 4.83. The molecule has 100 valence electrons. The predicted octanol–water partition coefficient (Wildman–Crippen LogP) is 3.02. The Balaban J connectivity index is 1.76. The number of nitrogens with zero attached hydrogens (tertiary/aromatic N) is 1. The van der Waals surface area contributed by atoms with Gasteiger partial charge in [0.05, 0.1) is 0 Å². The number of likely N-dealkylation sites (tertiary alicyclic amines) is 1. The molecule has 2 heteroatoms. The maximum absolute atomic E-state index is 5.66. The second-order valence-corrected chi connectivity index (χ2v) is 6.15. The number of piperidine rings is 1. The van der Waals surface area contributed by atoms with Crippen LogP contribution in [0.2, 0.25) is 0 Å². The third kappa shape index (κ3) is 3.69. The third-order valence-electron chi connectivity index (χ3n) is 5.07. The molecule has 1 saturated carbocycles. The zero-order valence-electron chi connectivity index (χ0n) is 11.5. The molecule has 0 aromatic carbocycles. The Morgan fingerprint density at radius 1 is 1.06 bits per heavy atom. The van der Waals surface area contributed by atoms with Crippen LogP contribution in [0.15, 0.2) is 0 Å². The van der Waals surface area contributed by atoms with Gasteiger partial charge in [-0.15, -0.1) is 0 Å². The lowest BCUT2D eigenvalue weighted by Crippen LogP contribution is -2.43. The van der Waals surface area contributed by atoms with E-state index in [0.29, 0.717) is 0 Å². The van der Waals surface area contributed by atoms with Gasteiger partial charge in [-0.2, -0.15) is 0 Å². The monoisotopic (exact) mass is 238 g/mol. The molecule has 2 rings (SSSR count). The minimum Gasteiger partial charge on any atom is -0.330 e. The second kappa shape index (κ2) is 6.75. The van der Waals surface area contributed by atoms with Crippen molar-refractivity contribution in [1.29, 1.82) is 0 Å². The van der Waals surface area contributed by atoms with Crippen LogP contribution in [0.3, 0.4) is 0 Å². The predicted molar refractivity (Wildman–Crippen MR) is 74.0 cm³/mol. The van der Waals surface area contributed by atoms with Gasteiger partial charge in [0.25, 0.3) is 0 Å². The fraction of sp³-hybridized carbons (Fsp3) is 1.00. The molecule has 2 aliphatic rings. The summed E-state index contributed by atoms with van der Waals surface area (Å²) in [5, 5.41) is 0. The van der Waals surface area contributed by atoms with E-state index in [1.165, 1.54) is 64.5 Å². The summed E-state index contributed by atoms with van der Waals surface area (Å²) in [4.78, 5) is 2.79. The van der Waals surface area contributed by atoms with Gasteiger partial charge in [-0.1, -0.05) is 26.2 Å². The first-order valence-corrected chi connectivity index (χ1v) is 7.77. The van der Waals surface area contributed by atoms with E-state index < -0.39 is 0 Å². The van der Waals surface area contributed by atoms with Gasteiger partial charge in [0.2, 0.25) is 0 Å². The highest BCUT2D eigenvalue weighted by Gasteiger charge is 2.28.